The highest BCUT2D eigenvalue weighted by Crippen LogP contribution is 2.33. The lowest BCUT2D eigenvalue weighted by Crippen LogP contribution is -2.24. The molecular formula is C25H19N3O2. The van der Waals surface area contributed by atoms with Gasteiger partial charge >= 0.3 is 0 Å². The third-order valence-electron chi connectivity index (χ3n) is 5.31. The third-order valence-corrected chi connectivity index (χ3v) is 5.31. The first-order valence-electron chi connectivity index (χ1n) is 9.78. The highest BCUT2D eigenvalue weighted by Gasteiger charge is 2.25. The summed E-state index contributed by atoms with van der Waals surface area (Å²) in [5, 5.41) is 3.45. The summed E-state index contributed by atoms with van der Waals surface area (Å²) in [5.74, 6) is 0.270. The van der Waals surface area contributed by atoms with Crippen LogP contribution in [0.15, 0.2) is 77.6 Å². The number of nitrogens with one attached hydrogen (secondary N) is 1. The van der Waals surface area contributed by atoms with E-state index in [1.807, 2.05) is 73.7 Å². The van der Waals surface area contributed by atoms with Crippen LogP contribution in [0.5, 0.6) is 0 Å². The number of carbonyl (C=O) groups excluding carboxylic acids is 1. The fourth-order valence-corrected chi connectivity index (χ4v) is 3.79. The van der Waals surface area contributed by atoms with Gasteiger partial charge in [0.05, 0.1) is 23.0 Å². The van der Waals surface area contributed by atoms with E-state index in [-0.39, 0.29) is 11.5 Å². The summed E-state index contributed by atoms with van der Waals surface area (Å²) < 4.78 is 1.63. The van der Waals surface area contributed by atoms with Crippen LogP contribution in [0.2, 0.25) is 0 Å². The maximum absolute atomic E-state index is 13.3. The molecule has 2 heterocycles. The van der Waals surface area contributed by atoms with E-state index in [0.717, 1.165) is 22.4 Å². The Kier molecular flexibility index (Phi) is 4.29. The van der Waals surface area contributed by atoms with Crippen LogP contribution in [-0.4, -0.2) is 15.5 Å². The van der Waals surface area contributed by atoms with Crippen molar-refractivity contribution in [2.75, 3.05) is 5.32 Å². The maximum Gasteiger partial charge on any atom is 0.261 e. The van der Waals surface area contributed by atoms with Crippen molar-refractivity contribution in [3.8, 4) is 0 Å². The second-order valence-electron chi connectivity index (χ2n) is 7.43. The predicted molar refractivity (Wildman–Crippen MR) is 119 cm³/mol. The number of nitrogens with zero attached hydrogens (tertiary/aromatic N) is 2. The molecule has 1 aliphatic rings. The Balaban J connectivity index is 1.74. The van der Waals surface area contributed by atoms with Crippen molar-refractivity contribution in [3.63, 3.8) is 0 Å². The zero-order valence-electron chi connectivity index (χ0n) is 16.4. The van der Waals surface area contributed by atoms with Crippen molar-refractivity contribution >= 4 is 34.1 Å². The average Bonchev–Trinajstić information content (AvgIpc) is 3.06. The number of para-hydroxylation sites is 1. The lowest BCUT2D eigenvalue weighted by molar-refractivity contribution is -0.110. The molecule has 0 spiro atoms. The summed E-state index contributed by atoms with van der Waals surface area (Å²) in [6, 6.07) is 22.9. The van der Waals surface area contributed by atoms with Gasteiger partial charge in [0.1, 0.15) is 5.82 Å². The molecule has 30 heavy (non-hydrogen) atoms. The maximum atomic E-state index is 13.3. The fourth-order valence-electron chi connectivity index (χ4n) is 3.79. The first-order chi connectivity index (χ1) is 14.6. The first kappa shape index (κ1) is 18.1. The summed E-state index contributed by atoms with van der Waals surface area (Å²) in [6.07, 6.45) is 1.72. The molecule has 0 fully saturated rings. The summed E-state index contributed by atoms with van der Waals surface area (Å²) >= 11 is 0. The minimum Gasteiger partial charge on any atom is -0.321 e. The Morgan fingerprint density at radius 3 is 2.57 bits per heavy atom. The predicted octanol–water partition coefficient (Wildman–Crippen LogP) is 4.25. The number of aryl methyl sites for hydroxylation is 1. The number of benzene rings is 3. The average molecular weight is 393 g/mol. The molecule has 0 saturated carbocycles. The second-order valence-corrected chi connectivity index (χ2v) is 7.43. The van der Waals surface area contributed by atoms with E-state index in [1.165, 1.54) is 0 Å². The van der Waals surface area contributed by atoms with Crippen LogP contribution in [-0.2, 0) is 11.3 Å². The quantitative estimate of drug-likeness (QED) is 0.530. The van der Waals surface area contributed by atoms with Gasteiger partial charge in [-0.1, -0.05) is 54.1 Å². The van der Waals surface area contributed by atoms with E-state index in [0.29, 0.717) is 28.8 Å². The summed E-state index contributed by atoms with van der Waals surface area (Å²) in [5.41, 5.74) is 4.65. The standard InChI is InChI=1S/C25H19N3O2/c1-16-11-12-22-19(13-16)20(24(29)27-22)14-23-26-21-10-6-5-9-18(21)25(30)28(23)15-17-7-3-2-4-8-17/h2-14H,15H2,1H3,(H,27,29)/b20-14+. The molecule has 0 bridgehead atoms. The monoisotopic (exact) mass is 393 g/mol. The van der Waals surface area contributed by atoms with Crippen molar-refractivity contribution in [2.24, 2.45) is 0 Å². The molecule has 1 aliphatic heterocycles. The van der Waals surface area contributed by atoms with Crippen LogP contribution in [0.25, 0.3) is 22.6 Å². The topological polar surface area (TPSA) is 64.0 Å². The highest BCUT2D eigenvalue weighted by atomic mass is 16.2. The van der Waals surface area contributed by atoms with Crippen molar-refractivity contribution < 1.29 is 4.79 Å². The van der Waals surface area contributed by atoms with Gasteiger partial charge in [-0.15, -0.1) is 0 Å². The molecule has 5 nitrogen and oxygen atoms in total. The molecule has 3 aromatic carbocycles. The van der Waals surface area contributed by atoms with Crippen molar-refractivity contribution in [1.29, 1.82) is 0 Å². The number of carbonyl (C=O) groups is 1. The van der Waals surface area contributed by atoms with Gasteiger partial charge in [-0.05, 0) is 42.8 Å². The van der Waals surface area contributed by atoms with Crippen molar-refractivity contribution in [2.45, 2.75) is 13.5 Å². The minimum atomic E-state index is -0.190. The first-order valence-corrected chi connectivity index (χ1v) is 9.78. The Hall–Kier alpha value is -3.99. The van der Waals surface area contributed by atoms with Gasteiger partial charge < -0.3 is 5.32 Å². The summed E-state index contributed by atoms with van der Waals surface area (Å²) in [4.78, 5) is 30.7. The van der Waals surface area contributed by atoms with Crippen molar-refractivity contribution in [1.82, 2.24) is 9.55 Å². The lowest BCUT2D eigenvalue weighted by Gasteiger charge is -2.12. The van der Waals surface area contributed by atoms with Crippen LogP contribution in [0.4, 0.5) is 5.69 Å². The van der Waals surface area contributed by atoms with E-state index in [2.05, 4.69) is 5.32 Å². The molecule has 1 amide bonds. The number of fused-ring (bicyclic) bond motifs is 2. The van der Waals surface area contributed by atoms with Gasteiger partial charge in [0.25, 0.3) is 11.5 Å². The lowest BCUT2D eigenvalue weighted by atomic mass is 10.0. The van der Waals surface area contributed by atoms with Gasteiger partial charge in [-0.3, -0.25) is 14.2 Å². The number of hydrogen-bond acceptors (Lipinski definition) is 3. The number of rotatable bonds is 3. The third kappa shape index (κ3) is 3.10. The zero-order chi connectivity index (χ0) is 20.7. The van der Waals surface area contributed by atoms with Crippen LogP contribution in [0.3, 0.4) is 0 Å². The highest BCUT2D eigenvalue weighted by molar-refractivity contribution is 6.34. The fraction of sp³-hybridized carbons (Fsp3) is 0.0800. The molecule has 0 unspecified atom stereocenters. The second kappa shape index (κ2) is 7.12. The smallest absolute Gasteiger partial charge is 0.261 e. The van der Waals surface area contributed by atoms with Crippen LogP contribution < -0.4 is 10.9 Å². The molecule has 4 aromatic rings. The van der Waals surface area contributed by atoms with Gasteiger partial charge in [0, 0.05) is 11.3 Å². The molecular weight excluding hydrogens is 374 g/mol. The molecule has 1 N–H and O–H groups in total. The number of amides is 1. The molecule has 0 aliphatic carbocycles. The van der Waals surface area contributed by atoms with E-state index in [9.17, 15) is 9.59 Å². The Bertz CT molecular complexity index is 1380. The van der Waals surface area contributed by atoms with Gasteiger partial charge in [-0.2, -0.15) is 0 Å². The van der Waals surface area contributed by atoms with E-state index in [1.54, 1.807) is 16.7 Å². The Morgan fingerprint density at radius 1 is 0.967 bits per heavy atom. The normalized spacial score (nSPS) is 14.2. The summed E-state index contributed by atoms with van der Waals surface area (Å²) in [7, 11) is 0. The number of aromatic nitrogens is 2. The molecule has 1 aromatic heterocycles. The van der Waals surface area contributed by atoms with E-state index >= 15 is 0 Å². The molecule has 0 saturated heterocycles. The van der Waals surface area contributed by atoms with E-state index < -0.39 is 0 Å². The van der Waals surface area contributed by atoms with E-state index in [4.69, 9.17) is 4.98 Å². The molecule has 146 valence electrons. The molecule has 0 atom stereocenters. The number of anilines is 1. The summed E-state index contributed by atoms with van der Waals surface area (Å²) in [6.45, 7) is 2.36. The largest absolute Gasteiger partial charge is 0.321 e. The van der Waals surface area contributed by atoms with Gasteiger partial charge in [0.2, 0.25) is 0 Å². The zero-order valence-corrected chi connectivity index (χ0v) is 16.4. The SMILES string of the molecule is Cc1ccc2c(c1)/C(=C\c1nc3ccccc3c(=O)n1Cc1ccccc1)C(=O)N2. The minimum absolute atomic E-state index is 0.126. The molecule has 5 heteroatoms. The molecule has 5 rings (SSSR count). The van der Waals surface area contributed by atoms with Gasteiger partial charge in [0.15, 0.2) is 0 Å². The Morgan fingerprint density at radius 2 is 1.73 bits per heavy atom. The van der Waals surface area contributed by atoms with Crippen LogP contribution in [0, 0.1) is 6.92 Å². The van der Waals surface area contributed by atoms with Crippen molar-refractivity contribution in [3.05, 3.63) is 106 Å². The van der Waals surface area contributed by atoms with Gasteiger partial charge in [-0.25, -0.2) is 4.98 Å². The number of hydrogen-bond donors (Lipinski definition) is 1. The van der Waals surface area contributed by atoms with Crippen LogP contribution >= 0.6 is 0 Å². The Labute approximate surface area is 173 Å². The molecule has 0 radical (unpaired) electrons. The van der Waals surface area contributed by atoms with Crippen LogP contribution in [0.1, 0.15) is 22.5 Å².